The molecule has 0 aromatic carbocycles. The number of hydrogen-bond acceptors (Lipinski definition) is 5. The molecule has 0 spiro atoms. The summed E-state index contributed by atoms with van der Waals surface area (Å²) < 4.78 is 4.88. The average Bonchev–Trinajstić information content (AvgIpc) is 2.92. The van der Waals surface area contributed by atoms with Crippen molar-refractivity contribution in [1.82, 2.24) is 10.1 Å². The lowest BCUT2D eigenvalue weighted by atomic mass is 9.87. The third-order valence-corrected chi connectivity index (χ3v) is 5.20. The van der Waals surface area contributed by atoms with E-state index in [9.17, 15) is 9.59 Å². The van der Waals surface area contributed by atoms with Gasteiger partial charge in [-0.3, -0.25) is 9.59 Å². The third-order valence-electron chi connectivity index (χ3n) is 4.28. The van der Waals surface area contributed by atoms with Gasteiger partial charge in [0.1, 0.15) is 5.76 Å². The molecule has 0 aliphatic heterocycles. The van der Waals surface area contributed by atoms with Crippen LogP contribution in [0.3, 0.4) is 0 Å². The molecule has 1 aromatic heterocycles. The first-order valence-corrected chi connectivity index (χ1v) is 9.17. The molecule has 1 saturated carbocycles. The quantitative estimate of drug-likeness (QED) is 0.862. The molecule has 2 rings (SSSR count). The van der Waals surface area contributed by atoms with Crippen LogP contribution in [0.5, 0.6) is 0 Å². The summed E-state index contributed by atoms with van der Waals surface area (Å²) in [5, 5.41) is 6.35. The van der Waals surface area contributed by atoms with E-state index in [1.807, 2.05) is 11.9 Å². The number of carbonyl (C=O) groups excluding carboxylic acids is 2. The van der Waals surface area contributed by atoms with Crippen LogP contribution in [-0.4, -0.2) is 46.5 Å². The maximum absolute atomic E-state index is 12.2. The molecule has 6 nitrogen and oxygen atoms in total. The van der Waals surface area contributed by atoms with Crippen molar-refractivity contribution in [3.8, 4) is 0 Å². The Labute approximate surface area is 141 Å². The summed E-state index contributed by atoms with van der Waals surface area (Å²) in [7, 11) is 1.88. The Bertz CT molecular complexity index is 538. The molecule has 0 bridgehead atoms. The van der Waals surface area contributed by atoms with Crippen LogP contribution in [-0.2, 0) is 9.59 Å². The minimum atomic E-state index is -0.176. The van der Waals surface area contributed by atoms with Crippen LogP contribution >= 0.6 is 11.8 Å². The molecule has 1 N–H and O–H groups in total. The second kappa shape index (κ2) is 8.38. The van der Waals surface area contributed by atoms with Gasteiger partial charge in [0.05, 0.1) is 11.5 Å². The van der Waals surface area contributed by atoms with Crippen molar-refractivity contribution in [2.75, 3.05) is 23.9 Å². The minimum Gasteiger partial charge on any atom is -0.360 e. The van der Waals surface area contributed by atoms with E-state index in [1.165, 1.54) is 24.6 Å². The number of nitrogens with zero attached hydrogens (tertiary/aromatic N) is 2. The molecule has 0 atom stereocenters. The molecule has 1 heterocycles. The van der Waals surface area contributed by atoms with Crippen LogP contribution in [0, 0.1) is 12.8 Å². The summed E-state index contributed by atoms with van der Waals surface area (Å²) in [6.07, 6.45) is 4.55. The van der Waals surface area contributed by atoms with Crippen LogP contribution in [0.25, 0.3) is 0 Å². The van der Waals surface area contributed by atoms with E-state index in [4.69, 9.17) is 4.52 Å². The molecule has 2 amide bonds. The number of amides is 2. The van der Waals surface area contributed by atoms with Gasteiger partial charge in [0, 0.05) is 19.2 Å². The molecular formula is C16H25N3O3S. The topological polar surface area (TPSA) is 75.4 Å². The molecule has 128 valence electrons. The zero-order valence-electron chi connectivity index (χ0n) is 14.0. The maximum atomic E-state index is 12.2. The largest absolute Gasteiger partial charge is 0.360 e. The lowest BCUT2D eigenvalue weighted by Crippen LogP contribution is -2.40. The molecule has 23 heavy (non-hydrogen) atoms. The summed E-state index contributed by atoms with van der Waals surface area (Å²) in [4.78, 5) is 25.8. The van der Waals surface area contributed by atoms with Crippen molar-refractivity contribution < 1.29 is 14.1 Å². The summed E-state index contributed by atoms with van der Waals surface area (Å²) >= 11 is 1.33. The van der Waals surface area contributed by atoms with Crippen molar-refractivity contribution in [2.45, 2.75) is 45.6 Å². The van der Waals surface area contributed by atoms with E-state index in [0.717, 1.165) is 18.8 Å². The van der Waals surface area contributed by atoms with Crippen LogP contribution in [0.15, 0.2) is 10.6 Å². The van der Waals surface area contributed by atoms with E-state index in [-0.39, 0.29) is 17.6 Å². The fourth-order valence-corrected chi connectivity index (χ4v) is 3.51. The van der Waals surface area contributed by atoms with Crippen molar-refractivity contribution in [2.24, 2.45) is 5.92 Å². The van der Waals surface area contributed by atoms with Crippen molar-refractivity contribution >= 4 is 29.4 Å². The van der Waals surface area contributed by atoms with Crippen molar-refractivity contribution in [3.05, 3.63) is 11.8 Å². The summed E-state index contributed by atoms with van der Waals surface area (Å²) in [6.45, 7) is 4.03. The van der Waals surface area contributed by atoms with Crippen LogP contribution in [0.4, 0.5) is 5.82 Å². The van der Waals surface area contributed by atoms with Gasteiger partial charge in [-0.15, -0.1) is 11.8 Å². The standard InChI is InChI=1S/C16H25N3O3S/c1-11-4-6-13(7-5-11)19(3)16(21)10-23-9-15(20)17-14-8-12(2)22-18-14/h8,11,13H,4-7,9-10H2,1-3H3,(H,17,18,20). The number of nitrogens with one attached hydrogen (secondary N) is 1. The Hall–Kier alpha value is -1.50. The number of aromatic nitrogens is 1. The monoisotopic (exact) mass is 339 g/mol. The minimum absolute atomic E-state index is 0.0969. The molecular weight excluding hydrogens is 314 g/mol. The molecule has 0 unspecified atom stereocenters. The van der Waals surface area contributed by atoms with Gasteiger partial charge in [-0.2, -0.15) is 0 Å². The molecule has 0 radical (unpaired) electrons. The van der Waals surface area contributed by atoms with E-state index < -0.39 is 0 Å². The number of anilines is 1. The molecule has 7 heteroatoms. The summed E-state index contributed by atoms with van der Waals surface area (Å²) in [5.74, 6) is 2.30. The lowest BCUT2D eigenvalue weighted by molar-refractivity contribution is -0.129. The Morgan fingerprint density at radius 1 is 1.35 bits per heavy atom. The number of thioether (sulfide) groups is 1. The molecule has 1 aliphatic rings. The van der Waals surface area contributed by atoms with Gasteiger partial charge in [0.25, 0.3) is 0 Å². The first kappa shape index (κ1) is 17.8. The van der Waals surface area contributed by atoms with E-state index in [0.29, 0.717) is 23.4 Å². The van der Waals surface area contributed by atoms with Gasteiger partial charge in [-0.05, 0) is 38.5 Å². The number of hydrogen-bond donors (Lipinski definition) is 1. The third kappa shape index (κ3) is 5.57. The second-order valence-corrected chi connectivity index (χ2v) is 7.27. The number of rotatable bonds is 6. The van der Waals surface area contributed by atoms with Gasteiger partial charge in [-0.25, -0.2) is 0 Å². The zero-order valence-corrected chi connectivity index (χ0v) is 14.8. The fourth-order valence-electron chi connectivity index (χ4n) is 2.77. The number of carbonyl (C=O) groups is 2. The average molecular weight is 339 g/mol. The Balaban J connectivity index is 1.66. The SMILES string of the molecule is Cc1cc(NC(=O)CSCC(=O)N(C)C2CCC(C)CC2)no1. The highest BCUT2D eigenvalue weighted by atomic mass is 32.2. The van der Waals surface area contributed by atoms with E-state index in [2.05, 4.69) is 17.4 Å². The second-order valence-electron chi connectivity index (χ2n) is 6.28. The Morgan fingerprint density at radius 2 is 2.04 bits per heavy atom. The normalized spacial score (nSPS) is 21.0. The number of aryl methyl sites for hydroxylation is 1. The summed E-state index contributed by atoms with van der Waals surface area (Å²) in [5.41, 5.74) is 0. The molecule has 1 fully saturated rings. The summed E-state index contributed by atoms with van der Waals surface area (Å²) in [6, 6.07) is 2.01. The van der Waals surface area contributed by atoms with Gasteiger partial charge in [-0.1, -0.05) is 12.1 Å². The van der Waals surface area contributed by atoms with Gasteiger partial charge >= 0.3 is 0 Å². The van der Waals surface area contributed by atoms with Crippen LogP contribution in [0.1, 0.15) is 38.4 Å². The predicted octanol–water partition coefficient (Wildman–Crippen LogP) is 2.69. The van der Waals surface area contributed by atoms with Crippen LogP contribution in [0.2, 0.25) is 0 Å². The lowest BCUT2D eigenvalue weighted by Gasteiger charge is -2.33. The van der Waals surface area contributed by atoms with E-state index >= 15 is 0 Å². The highest BCUT2D eigenvalue weighted by molar-refractivity contribution is 8.00. The first-order chi connectivity index (χ1) is 11.0. The Morgan fingerprint density at radius 3 is 2.65 bits per heavy atom. The highest BCUT2D eigenvalue weighted by Crippen LogP contribution is 2.26. The fraction of sp³-hybridized carbons (Fsp3) is 0.688. The van der Waals surface area contributed by atoms with Crippen LogP contribution < -0.4 is 5.32 Å². The van der Waals surface area contributed by atoms with E-state index in [1.54, 1.807) is 13.0 Å². The molecule has 0 saturated heterocycles. The van der Waals surface area contributed by atoms with Gasteiger partial charge < -0.3 is 14.7 Å². The van der Waals surface area contributed by atoms with Crippen molar-refractivity contribution in [1.29, 1.82) is 0 Å². The zero-order chi connectivity index (χ0) is 16.8. The highest BCUT2D eigenvalue weighted by Gasteiger charge is 2.24. The Kier molecular flexibility index (Phi) is 6.50. The van der Waals surface area contributed by atoms with Gasteiger partial charge in [0.2, 0.25) is 11.8 Å². The first-order valence-electron chi connectivity index (χ1n) is 8.02. The predicted molar refractivity (Wildman–Crippen MR) is 91.4 cm³/mol. The van der Waals surface area contributed by atoms with Gasteiger partial charge in [0.15, 0.2) is 5.82 Å². The maximum Gasteiger partial charge on any atom is 0.235 e. The van der Waals surface area contributed by atoms with Crippen molar-refractivity contribution in [3.63, 3.8) is 0 Å². The molecule has 1 aromatic rings. The smallest absolute Gasteiger partial charge is 0.235 e. The molecule has 1 aliphatic carbocycles.